The van der Waals surface area contributed by atoms with Crippen LogP contribution in [0, 0.1) is 0 Å². The fourth-order valence-corrected chi connectivity index (χ4v) is 1.70. The van der Waals surface area contributed by atoms with E-state index in [-0.39, 0.29) is 24.9 Å². The third-order valence-corrected chi connectivity index (χ3v) is 2.54. The molecule has 0 fully saturated rings. The average Bonchev–Trinajstić information content (AvgIpc) is 2.62. The minimum absolute atomic E-state index is 0. The maximum absolute atomic E-state index is 10.9. The molecule has 0 radical (unpaired) electrons. The summed E-state index contributed by atoms with van der Waals surface area (Å²) in [5, 5.41) is 11.9. The van der Waals surface area contributed by atoms with E-state index in [4.69, 9.17) is 5.73 Å². The van der Waals surface area contributed by atoms with Crippen molar-refractivity contribution in [2.45, 2.75) is 26.2 Å². The fraction of sp³-hybridized carbons (Fsp3) is 0.625. The van der Waals surface area contributed by atoms with Gasteiger partial charge in [-0.15, -0.1) is 22.6 Å². The molecule has 0 aliphatic heterocycles. The van der Waals surface area contributed by atoms with Gasteiger partial charge in [-0.25, -0.2) is 0 Å². The predicted molar refractivity (Wildman–Crippen MR) is 63.5 cm³/mol. The number of anilines is 1. The third-order valence-electron chi connectivity index (χ3n) is 1.64. The highest BCUT2D eigenvalue weighted by atomic mass is 35.5. The van der Waals surface area contributed by atoms with Crippen LogP contribution in [0.25, 0.3) is 0 Å². The monoisotopic (exact) mass is 250 g/mol. The van der Waals surface area contributed by atoms with Crippen LogP contribution in [0.3, 0.4) is 0 Å². The molecule has 5 nitrogen and oxygen atoms in total. The van der Waals surface area contributed by atoms with Crippen LogP contribution in [0.1, 0.15) is 24.8 Å². The van der Waals surface area contributed by atoms with Crippen molar-refractivity contribution in [2.75, 3.05) is 11.9 Å². The van der Waals surface area contributed by atoms with Crippen LogP contribution in [0.5, 0.6) is 0 Å². The molecule has 7 heteroatoms. The topological polar surface area (TPSA) is 80.9 Å². The Hall–Kier alpha value is -0.720. The Balaban J connectivity index is 0.00000196. The van der Waals surface area contributed by atoms with Gasteiger partial charge in [-0.05, 0) is 6.42 Å². The van der Waals surface area contributed by atoms with Gasteiger partial charge in [0.25, 0.3) is 0 Å². The van der Waals surface area contributed by atoms with E-state index < -0.39 is 0 Å². The van der Waals surface area contributed by atoms with Crippen molar-refractivity contribution < 1.29 is 4.79 Å². The normalized spacial score (nSPS) is 9.47. The number of halogens is 1. The SMILES string of the molecule is CCCCc1nnc(NC(=O)CN)s1.Cl. The van der Waals surface area contributed by atoms with Crippen LogP contribution in [-0.4, -0.2) is 22.6 Å². The largest absolute Gasteiger partial charge is 0.322 e. The van der Waals surface area contributed by atoms with E-state index >= 15 is 0 Å². The molecule has 1 aromatic heterocycles. The van der Waals surface area contributed by atoms with E-state index in [1.54, 1.807) is 0 Å². The van der Waals surface area contributed by atoms with E-state index in [1.165, 1.54) is 11.3 Å². The first-order valence-electron chi connectivity index (χ1n) is 4.58. The van der Waals surface area contributed by atoms with Gasteiger partial charge in [0.05, 0.1) is 6.54 Å². The second-order valence-electron chi connectivity index (χ2n) is 2.86. The Morgan fingerprint density at radius 1 is 1.53 bits per heavy atom. The number of carbonyl (C=O) groups is 1. The van der Waals surface area contributed by atoms with Crippen molar-refractivity contribution in [3.05, 3.63) is 5.01 Å². The molecule has 86 valence electrons. The molecule has 15 heavy (non-hydrogen) atoms. The number of nitrogens with two attached hydrogens (primary N) is 1. The fourth-order valence-electron chi connectivity index (χ4n) is 0.903. The molecule has 0 unspecified atom stereocenters. The lowest BCUT2D eigenvalue weighted by Crippen LogP contribution is -2.21. The first kappa shape index (κ1) is 14.3. The molecule has 1 heterocycles. The number of hydrogen-bond donors (Lipinski definition) is 2. The maximum Gasteiger partial charge on any atom is 0.239 e. The van der Waals surface area contributed by atoms with Crippen molar-refractivity contribution in [1.82, 2.24) is 10.2 Å². The van der Waals surface area contributed by atoms with E-state index in [2.05, 4.69) is 22.4 Å². The van der Waals surface area contributed by atoms with Gasteiger partial charge in [-0.3, -0.25) is 10.1 Å². The molecule has 1 aromatic rings. The van der Waals surface area contributed by atoms with Gasteiger partial charge in [0, 0.05) is 6.42 Å². The molecule has 0 saturated heterocycles. The molecule has 1 amide bonds. The number of carbonyl (C=O) groups excluding carboxylic acids is 1. The van der Waals surface area contributed by atoms with E-state index in [1.807, 2.05) is 0 Å². The van der Waals surface area contributed by atoms with Gasteiger partial charge >= 0.3 is 0 Å². The van der Waals surface area contributed by atoms with Gasteiger partial charge in [-0.2, -0.15) is 0 Å². The number of aromatic nitrogens is 2. The molecule has 0 atom stereocenters. The van der Waals surface area contributed by atoms with Crippen LogP contribution in [0.15, 0.2) is 0 Å². The molecule has 0 spiro atoms. The highest BCUT2D eigenvalue weighted by Crippen LogP contribution is 2.16. The van der Waals surface area contributed by atoms with Gasteiger partial charge < -0.3 is 5.73 Å². The summed E-state index contributed by atoms with van der Waals surface area (Å²) in [5.41, 5.74) is 5.15. The molecule has 1 rings (SSSR count). The lowest BCUT2D eigenvalue weighted by Gasteiger charge is -1.94. The summed E-state index contributed by atoms with van der Waals surface area (Å²) in [6.45, 7) is 2.10. The Labute approximate surface area is 98.9 Å². The average molecular weight is 251 g/mol. The summed E-state index contributed by atoms with van der Waals surface area (Å²) in [4.78, 5) is 10.9. The van der Waals surface area contributed by atoms with Crippen molar-refractivity contribution >= 4 is 34.8 Å². The Bertz CT molecular complexity index is 305. The molecular weight excluding hydrogens is 236 g/mol. The number of unbranched alkanes of at least 4 members (excludes halogenated alkanes) is 1. The molecule has 3 N–H and O–H groups in total. The number of amides is 1. The maximum atomic E-state index is 10.9. The van der Waals surface area contributed by atoms with Crippen LogP contribution >= 0.6 is 23.7 Å². The van der Waals surface area contributed by atoms with Crippen LogP contribution in [0.2, 0.25) is 0 Å². The number of aryl methyl sites for hydroxylation is 1. The Morgan fingerprint density at radius 2 is 2.27 bits per heavy atom. The first-order chi connectivity index (χ1) is 6.76. The molecule has 0 aromatic carbocycles. The van der Waals surface area contributed by atoms with E-state index in [0.29, 0.717) is 5.13 Å². The van der Waals surface area contributed by atoms with Crippen LogP contribution in [0.4, 0.5) is 5.13 Å². The number of rotatable bonds is 5. The Kier molecular flexibility index (Phi) is 7.19. The lowest BCUT2D eigenvalue weighted by atomic mass is 10.3. The number of hydrogen-bond acceptors (Lipinski definition) is 5. The highest BCUT2D eigenvalue weighted by molar-refractivity contribution is 7.15. The minimum atomic E-state index is -0.233. The van der Waals surface area contributed by atoms with Crippen molar-refractivity contribution in [1.29, 1.82) is 0 Å². The lowest BCUT2D eigenvalue weighted by molar-refractivity contribution is -0.114. The zero-order chi connectivity index (χ0) is 10.4. The first-order valence-corrected chi connectivity index (χ1v) is 5.40. The summed E-state index contributed by atoms with van der Waals surface area (Å²) in [6.07, 6.45) is 3.15. The van der Waals surface area contributed by atoms with E-state index in [9.17, 15) is 4.79 Å². The van der Waals surface area contributed by atoms with Crippen molar-refractivity contribution in [3.63, 3.8) is 0 Å². The Morgan fingerprint density at radius 3 is 2.87 bits per heavy atom. The van der Waals surface area contributed by atoms with Gasteiger partial charge in [0.2, 0.25) is 11.0 Å². The molecule has 0 bridgehead atoms. The zero-order valence-corrected chi connectivity index (χ0v) is 10.2. The quantitative estimate of drug-likeness (QED) is 0.823. The molecular formula is C8H15ClN4OS. The summed E-state index contributed by atoms with van der Waals surface area (Å²) in [5.74, 6) is -0.233. The standard InChI is InChI=1S/C8H14N4OS.ClH/c1-2-3-4-7-11-12-8(14-7)10-6(13)5-9;/h2-5,9H2,1H3,(H,10,12,13);1H. The molecule has 0 aliphatic carbocycles. The zero-order valence-electron chi connectivity index (χ0n) is 8.52. The van der Waals surface area contributed by atoms with Crippen LogP contribution in [-0.2, 0) is 11.2 Å². The summed E-state index contributed by atoms with van der Waals surface area (Å²) in [7, 11) is 0. The summed E-state index contributed by atoms with van der Waals surface area (Å²) < 4.78 is 0. The predicted octanol–water partition coefficient (Wildman–Crippen LogP) is 1.20. The smallest absolute Gasteiger partial charge is 0.239 e. The van der Waals surface area contributed by atoms with Gasteiger partial charge in [0.15, 0.2) is 0 Å². The third kappa shape index (κ3) is 5.06. The number of nitrogens with one attached hydrogen (secondary N) is 1. The highest BCUT2D eigenvalue weighted by Gasteiger charge is 2.05. The minimum Gasteiger partial charge on any atom is -0.322 e. The summed E-state index contributed by atoms with van der Waals surface area (Å²) >= 11 is 1.41. The van der Waals surface area contributed by atoms with Crippen molar-refractivity contribution in [2.24, 2.45) is 5.73 Å². The van der Waals surface area contributed by atoms with Gasteiger partial charge in [0.1, 0.15) is 5.01 Å². The van der Waals surface area contributed by atoms with Crippen molar-refractivity contribution in [3.8, 4) is 0 Å². The van der Waals surface area contributed by atoms with E-state index in [0.717, 1.165) is 24.3 Å². The second kappa shape index (κ2) is 7.56. The second-order valence-corrected chi connectivity index (χ2v) is 3.92. The van der Waals surface area contributed by atoms with Gasteiger partial charge in [-0.1, -0.05) is 24.7 Å². The molecule has 0 saturated carbocycles. The van der Waals surface area contributed by atoms with Crippen LogP contribution < -0.4 is 11.1 Å². The molecule has 0 aliphatic rings. The number of nitrogens with zero attached hydrogens (tertiary/aromatic N) is 2. The summed E-state index contributed by atoms with van der Waals surface area (Å²) in [6, 6.07) is 0.